The van der Waals surface area contributed by atoms with Crippen LogP contribution >= 0.6 is 0 Å². The van der Waals surface area contributed by atoms with Gasteiger partial charge in [0.1, 0.15) is 11.1 Å². The summed E-state index contributed by atoms with van der Waals surface area (Å²) >= 11 is 0. The maximum absolute atomic E-state index is 12.9. The molecule has 0 radical (unpaired) electrons. The number of nitrogens with one attached hydrogen (secondary N) is 1. The third-order valence-electron chi connectivity index (χ3n) is 5.22. The van der Waals surface area contributed by atoms with E-state index in [0.29, 0.717) is 30.4 Å². The summed E-state index contributed by atoms with van der Waals surface area (Å²) in [6.45, 7) is 2.65. The third kappa shape index (κ3) is 4.24. The highest BCUT2D eigenvalue weighted by atomic mass is 19.4. The Hall–Kier alpha value is -2.55. The maximum Gasteiger partial charge on any atom is 0.416 e. The molecule has 0 bridgehead atoms. The Balaban J connectivity index is 1.81. The van der Waals surface area contributed by atoms with Crippen molar-refractivity contribution < 1.29 is 32.2 Å². The number of carbonyl (C=O) groups is 2. The number of ether oxygens (including phenoxy) is 2. The largest absolute Gasteiger partial charge is 0.465 e. The van der Waals surface area contributed by atoms with Crippen LogP contribution in [-0.4, -0.2) is 42.8 Å². The molecule has 1 aliphatic rings. The zero-order valence-corrected chi connectivity index (χ0v) is 16.3. The highest BCUT2D eigenvalue weighted by Gasteiger charge is 2.42. The van der Waals surface area contributed by atoms with Gasteiger partial charge in [-0.1, -0.05) is 0 Å². The van der Waals surface area contributed by atoms with E-state index < -0.39 is 29.0 Å². The summed E-state index contributed by atoms with van der Waals surface area (Å²) in [5.41, 5.74) is -1.03. The number of amides is 1. The highest BCUT2D eigenvalue weighted by molar-refractivity contribution is 5.99. The fraction of sp³-hybridized carbons (Fsp3) is 0.500. The summed E-state index contributed by atoms with van der Waals surface area (Å²) in [7, 11) is 1.61. The second kappa shape index (κ2) is 8.06. The van der Waals surface area contributed by atoms with Gasteiger partial charge in [-0.2, -0.15) is 13.2 Å². The molecule has 1 saturated heterocycles. The topological polar surface area (TPSA) is 69.6 Å². The first-order valence-electron chi connectivity index (χ1n) is 9.38. The molecular weight excluding hydrogens is 389 g/mol. The number of halogens is 3. The van der Waals surface area contributed by atoms with E-state index in [9.17, 15) is 22.8 Å². The van der Waals surface area contributed by atoms with Gasteiger partial charge < -0.3 is 19.4 Å². The summed E-state index contributed by atoms with van der Waals surface area (Å²) in [5.74, 6) is -0.904. The van der Waals surface area contributed by atoms with Crippen molar-refractivity contribution in [2.45, 2.75) is 25.9 Å². The monoisotopic (exact) mass is 412 g/mol. The van der Waals surface area contributed by atoms with Gasteiger partial charge in [0.2, 0.25) is 0 Å². The molecule has 0 aliphatic carbocycles. The van der Waals surface area contributed by atoms with Crippen LogP contribution in [0.5, 0.6) is 0 Å². The van der Waals surface area contributed by atoms with Crippen LogP contribution in [0.25, 0.3) is 10.9 Å². The summed E-state index contributed by atoms with van der Waals surface area (Å²) in [6, 6.07) is 4.75. The van der Waals surface area contributed by atoms with Crippen molar-refractivity contribution in [3.63, 3.8) is 0 Å². The lowest BCUT2D eigenvalue weighted by molar-refractivity contribution is -0.163. The molecule has 0 saturated carbocycles. The minimum atomic E-state index is -4.46. The Kier molecular flexibility index (Phi) is 5.88. The Morgan fingerprint density at radius 3 is 2.69 bits per heavy atom. The molecule has 1 unspecified atom stereocenters. The van der Waals surface area contributed by atoms with Crippen molar-refractivity contribution in [2.75, 3.05) is 26.4 Å². The molecule has 2 aromatic rings. The Morgan fingerprint density at radius 2 is 2.07 bits per heavy atom. The number of alkyl halides is 3. The van der Waals surface area contributed by atoms with E-state index in [1.807, 2.05) is 0 Å². The molecule has 1 N–H and O–H groups in total. The van der Waals surface area contributed by atoms with Gasteiger partial charge in [-0.15, -0.1) is 0 Å². The summed E-state index contributed by atoms with van der Waals surface area (Å²) in [5, 5.41) is 3.05. The van der Waals surface area contributed by atoms with Crippen LogP contribution in [0.3, 0.4) is 0 Å². The zero-order chi connectivity index (χ0) is 21.2. The molecule has 1 amide bonds. The normalized spacial score (nSPS) is 19.9. The molecule has 1 aliphatic heterocycles. The number of carbonyl (C=O) groups excluding carboxylic acids is 2. The lowest BCUT2D eigenvalue weighted by atomic mass is 9.82. The molecule has 1 atom stereocenters. The first kappa shape index (κ1) is 21.2. The van der Waals surface area contributed by atoms with E-state index in [4.69, 9.17) is 9.47 Å². The second-order valence-corrected chi connectivity index (χ2v) is 7.20. The van der Waals surface area contributed by atoms with Crippen LogP contribution in [0.2, 0.25) is 0 Å². The molecule has 0 spiro atoms. The number of fused-ring (bicyclic) bond motifs is 1. The number of hydrogen-bond acceptors (Lipinski definition) is 4. The standard InChI is InChI=1S/C20H23F3N2O4/c1-3-29-18(27)19(7-4-8-28-12-19)11-24-17(26)16-10-13-9-14(20(21,22)23)5-6-15(13)25(16)2/h5-6,9-10H,3-4,7-8,11-12H2,1-2H3,(H,24,26). The molecule has 1 fully saturated rings. The van der Waals surface area contributed by atoms with E-state index in [2.05, 4.69) is 5.32 Å². The lowest BCUT2D eigenvalue weighted by Crippen LogP contribution is -2.49. The molecule has 3 rings (SSSR count). The predicted molar refractivity (Wildman–Crippen MR) is 99.4 cm³/mol. The minimum absolute atomic E-state index is 0.0278. The van der Waals surface area contributed by atoms with Gasteiger partial charge in [0.05, 0.1) is 18.8 Å². The third-order valence-corrected chi connectivity index (χ3v) is 5.22. The number of nitrogens with zero attached hydrogens (tertiary/aromatic N) is 1. The Morgan fingerprint density at radius 1 is 1.31 bits per heavy atom. The molecule has 29 heavy (non-hydrogen) atoms. The Bertz CT molecular complexity index is 914. The fourth-order valence-corrected chi connectivity index (χ4v) is 3.59. The van der Waals surface area contributed by atoms with Gasteiger partial charge in [0, 0.05) is 31.1 Å². The Labute approximate surface area is 166 Å². The van der Waals surface area contributed by atoms with Gasteiger partial charge >= 0.3 is 12.1 Å². The molecule has 1 aromatic carbocycles. The summed E-state index contributed by atoms with van der Waals surface area (Å²) in [6.07, 6.45) is -3.27. The van der Waals surface area contributed by atoms with Crippen molar-refractivity contribution in [1.82, 2.24) is 9.88 Å². The van der Waals surface area contributed by atoms with Crippen molar-refractivity contribution in [2.24, 2.45) is 12.5 Å². The van der Waals surface area contributed by atoms with E-state index in [0.717, 1.165) is 12.1 Å². The molecule has 158 valence electrons. The first-order chi connectivity index (χ1) is 13.7. The van der Waals surface area contributed by atoms with Gasteiger partial charge in [-0.3, -0.25) is 9.59 Å². The SMILES string of the molecule is CCOC(=O)C1(CNC(=O)c2cc3cc(C(F)(F)F)ccc3n2C)CCCOC1. The fourth-order valence-electron chi connectivity index (χ4n) is 3.59. The average molecular weight is 412 g/mol. The minimum Gasteiger partial charge on any atom is -0.465 e. The van der Waals surface area contributed by atoms with Crippen molar-refractivity contribution in [1.29, 1.82) is 0 Å². The van der Waals surface area contributed by atoms with Gasteiger partial charge in [0.25, 0.3) is 5.91 Å². The molecule has 6 nitrogen and oxygen atoms in total. The smallest absolute Gasteiger partial charge is 0.416 e. The number of esters is 1. The zero-order valence-electron chi connectivity index (χ0n) is 16.3. The van der Waals surface area contributed by atoms with Crippen LogP contribution in [0, 0.1) is 5.41 Å². The second-order valence-electron chi connectivity index (χ2n) is 7.20. The number of benzene rings is 1. The average Bonchev–Trinajstić information content (AvgIpc) is 3.02. The number of rotatable bonds is 5. The summed E-state index contributed by atoms with van der Waals surface area (Å²) in [4.78, 5) is 25.2. The summed E-state index contributed by atoms with van der Waals surface area (Å²) < 4.78 is 51.0. The van der Waals surface area contributed by atoms with Crippen LogP contribution in [0.15, 0.2) is 24.3 Å². The molecule has 1 aromatic heterocycles. The van der Waals surface area contributed by atoms with Crippen LogP contribution in [0.4, 0.5) is 13.2 Å². The van der Waals surface area contributed by atoms with E-state index >= 15 is 0 Å². The van der Waals surface area contributed by atoms with E-state index in [1.54, 1.807) is 14.0 Å². The van der Waals surface area contributed by atoms with Crippen molar-refractivity contribution in [3.05, 3.63) is 35.5 Å². The number of aryl methyl sites for hydroxylation is 1. The van der Waals surface area contributed by atoms with Crippen LogP contribution < -0.4 is 5.32 Å². The van der Waals surface area contributed by atoms with E-state index in [-0.39, 0.29) is 25.5 Å². The molecule has 2 heterocycles. The van der Waals surface area contributed by atoms with Gasteiger partial charge in [0.15, 0.2) is 0 Å². The molecule has 9 heteroatoms. The number of hydrogen-bond donors (Lipinski definition) is 1. The van der Waals surface area contributed by atoms with Crippen LogP contribution in [-0.2, 0) is 27.5 Å². The van der Waals surface area contributed by atoms with Crippen molar-refractivity contribution >= 4 is 22.8 Å². The lowest BCUT2D eigenvalue weighted by Gasteiger charge is -2.34. The predicted octanol–water partition coefficient (Wildman–Crippen LogP) is 3.29. The van der Waals surface area contributed by atoms with Crippen molar-refractivity contribution in [3.8, 4) is 0 Å². The van der Waals surface area contributed by atoms with Gasteiger partial charge in [-0.25, -0.2) is 0 Å². The van der Waals surface area contributed by atoms with Crippen LogP contribution in [0.1, 0.15) is 35.8 Å². The quantitative estimate of drug-likeness (QED) is 0.766. The highest BCUT2D eigenvalue weighted by Crippen LogP contribution is 2.33. The first-order valence-corrected chi connectivity index (χ1v) is 9.38. The number of aromatic nitrogens is 1. The maximum atomic E-state index is 12.9. The van der Waals surface area contributed by atoms with E-state index in [1.165, 1.54) is 16.7 Å². The van der Waals surface area contributed by atoms with Gasteiger partial charge in [-0.05, 0) is 44.0 Å². The molecular formula is C20H23F3N2O4.